The maximum absolute atomic E-state index is 14.1. The van der Waals surface area contributed by atoms with Gasteiger partial charge < -0.3 is 19.9 Å². The van der Waals surface area contributed by atoms with Crippen LogP contribution in [0.3, 0.4) is 0 Å². The number of carbonyl (C=O) groups excluding carboxylic acids is 3. The fourth-order valence-corrected chi connectivity index (χ4v) is 12.5. The van der Waals surface area contributed by atoms with E-state index in [9.17, 15) is 22.8 Å². The molecule has 2 heterocycles. The molecule has 2 aliphatic rings. The number of nitrogens with two attached hydrogens (primary N) is 1. The van der Waals surface area contributed by atoms with Crippen LogP contribution >= 0.6 is 47.0 Å². The third-order valence-corrected chi connectivity index (χ3v) is 14.9. The summed E-state index contributed by atoms with van der Waals surface area (Å²) in [6, 6.07) is 17.0. The summed E-state index contributed by atoms with van der Waals surface area (Å²) in [5.74, 6) is -2.37. The molecule has 0 bridgehead atoms. The molecule has 266 valence electrons. The molecule has 51 heavy (non-hydrogen) atoms. The third kappa shape index (κ3) is 8.31. The molecule has 3 aromatic carbocycles. The molecule has 2 aliphatic heterocycles. The van der Waals surface area contributed by atoms with E-state index in [2.05, 4.69) is 4.85 Å². The smallest absolute Gasteiger partial charge is 0.351 e. The lowest BCUT2D eigenvalue weighted by Crippen LogP contribution is -2.20. The number of thioether (sulfide) groups is 4. The highest BCUT2D eigenvalue weighted by Gasteiger charge is 2.43. The van der Waals surface area contributed by atoms with E-state index >= 15 is 0 Å². The predicted molar refractivity (Wildman–Crippen MR) is 200 cm³/mol. The Morgan fingerprint density at radius 2 is 1.41 bits per heavy atom. The molecule has 3 aromatic rings. The average Bonchev–Trinajstić information content (AvgIpc) is 3.75. The van der Waals surface area contributed by atoms with Gasteiger partial charge in [0.05, 0.1) is 52.0 Å². The highest BCUT2D eigenvalue weighted by atomic mass is 32.2. The third-order valence-electron chi connectivity index (χ3n) is 7.68. The zero-order valence-corrected chi connectivity index (χ0v) is 32.0. The van der Waals surface area contributed by atoms with Gasteiger partial charge in [0.1, 0.15) is 12.4 Å². The van der Waals surface area contributed by atoms with Gasteiger partial charge in [0.2, 0.25) is 15.7 Å². The zero-order valence-electron chi connectivity index (χ0n) is 27.9. The Balaban J connectivity index is 1.76. The number of sulfone groups is 1. The van der Waals surface area contributed by atoms with Gasteiger partial charge in [0.25, 0.3) is 5.70 Å². The largest absolute Gasteiger partial charge is 0.486 e. The van der Waals surface area contributed by atoms with Crippen LogP contribution in [0.5, 0.6) is 11.5 Å². The van der Waals surface area contributed by atoms with E-state index in [1.807, 2.05) is 44.2 Å². The second-order valence-electron chi connectivity index (χ2n) is 11.1. The summed E-state index contributed by atoms with van der Waals surface area (Å²) in [7, 11) is -4.39. The summed E-state index contributed by atoms with van der Waals surface area (Å²) in [4.78, 5) is 44.0. The first kappa shape index (κ1) is 38.4. The van der Waals surface area contributed by atoms with Gasteiger partial charge >= 0.3 is 11.9 Å². The van der Waals surface area contributed by atoms with Crippen molar-refractivity contribution < 1.29 is 37.0 Å². The Labute approximate surface area is 314 Å². The molecule has 0 aliphatic carbocycles. The molecule has 15 heteroatoms. The topological polar surface area (TPSA) is 143 Å². The molecule has 0 radical (unpaired) electrons. The van der Waals surface area contributed by atoms with E-state index in [-0.39, 0.29) is 33.8 Å². The fraction of sp³-hybridized carbons (Fsp3) is 0.278. The first-order valence-corrected chi connectivity index (χ1v) is 20.8. The SMILES string of the molecule is [C-]#[N+]/C(C(N)=O)=C1\Sc2c(OCc3ccccc3)c3c(c(OC(=O)C(CC)CCCC)c2S1)S/C(=C(\C(=O)OCC)S(=O)(=O)c1ccccc1)S3. The second-order valence-corrected chi connectivity index (χ2v) is 17.6. The van der Waals surface area contributed by atoms with Crippen molar-refractivity contribution in [3.05, 3.63) is 96.7 Å². The number of esters is 2. The lowest BCUT2D eigenvalue weighted by molar-refractivity contribution is -0.140. The predicted octanol–water partition coefficient (Wildman–Crippen LogP) is 8.56. The molecular formula is C36H34N2O8S5. The zero-order chi connectivity index (χ0) is 36.7. The minimum absolute atomic E-state index is 0.0629. The first-order valence-electron chi connectivity index (χ1n) is 16.0. The van der Waals surface area contributed by atoms with Crippen molar-refractivity contribution in [2.24, 2.45) is 11.7 Å². The molecule has 0 aromatic heterocycles. The monoisotopic (exact) mass is 782 g/mol. The highest BCUT2D eigenvalue weighted by Crippen LogP contribution is 2.69. The Morgan fingerprint density at radius 1 is 0.843 bits per heavy atom. The number of benzene rings is 3. The summed E-state index contributed by atoms with van der Waals surface area (Å²) < 4.78 is 46.6. The number of hydrogen-bond acceptors (Lipinski definition) is 12. The van der Waals surface area contributed by atoms with Gasteiger partial charge in [-0.15, -0.1) is 0 Å². The summed E-state index contributed by atoms with van der Waals surface area (Å²) in [5.41, 5.74) is 6.14. The number of ether oxygens (including phenoxy) is 3. The minimum atomic E-state index is -4.39. The molecule has 0 spiro atoms. The normalized spacial score (nSPS) is 16.0. The quantitative estimate of drug-likeness (QED) is 0.0724. The van der Waals surface area contributed by atoms with Crippen LogP contribution in [-0.4, -0.2) is 32.9 Å². The standard InChI is InChI=1S/C36H34N2O8S5/c1-5-8-17-22(6-2)33(40)46-26-29-27(47-35(48-29)24(38-4)32(37)39)25(45-20-21-15-11-9-12-16-21)28-30(26)50-36(49-28)31(34(41)44-7-3)51(42,43)23-18-13-10-14-19-23/h9-16,18-19,22H,5-8,17,20H2,1-3H3,(H2,37,39)/b35-24+,36-31+. The van der Waals surface area contributed by atoms with Crippen molar-refractivity contribution in [3.8, 4) is 11.5 Å². The van der Waals surface area contributed by atoms with Crippen LogP contribution in [0, 0.1) is 12.5 Å². The fourth-order valence-electron chi connectivity index (χ4n) is 5.09. The number of carbonyl (C=O) groups is 3. The molecule has 0 saturated heterocycles. The number of amides is 1. The molecule has 1 atom stereocenters. The highest BCUT2D eigenvalue weighted by molar-refractivity contribution is 8.26. The van der Waals surface area contributed by atoms with Crippen LogP contribution in [0.15, 0.2) is 104 Å². The first-order chi connectivity index (χ1) is 24.5. The lowest BCUT2D eigenvalue weighted by Gasteiger charge is -2.19. The molecule has 5 rings (SSSR count). The van der Waals surface area contributed by atoms with Gasteiger partial charge in [-0.05, 0) is 37.5 Å². The van der Waals surface area contributed by atoms with Crippen LogP contribution in [0.1, 0.15) is 52.0 Å². The lowest BCUT2D eigenvalue weighted by atomic mass is 10.00. The Bertz CT molecular complexity index is 2060. The van der Waals surface area contributed by atoms with Crippen molar-refractivity contribution in [3.63, 3.8) is 0 Å². The van der Waals surface area contributed by atoms with Gasteiger partial charge in [-0.25, -0.2) is 18.1 Å². The van der Waals surface area contributed by atoms with Crippen LogP contribution in [-0.2, 0) is 35.6 Å². The van der Waals surface area contributed by atoms with Crippen molar-refractivity contribution in [2.75, 3.05) is 6.61 Å². The van der Waals surface area contributed by atoms with E-state index in [4.69, 9.17) is 26.5 Å². The number of rotatable bonds is 14. The van der Waals surface area contributed by atoms with E-state index in [0.29, 0.717) is 42.4 Å². The Hall–Kier alpha value is -3.81. The summed E-state index contributed by atoms with van der Waals surface area (Å²) in [6.45, 7) is 13.2. The Kier molecular flexibility index (Phi) is 12.9. The molecule has 1 amide bonds. The van der Waals surface area contributed by atoms with Crippen LogP contribution in [0.25, 0.3) is 4.85 Å². The van der Waals surface area contributed by atoms with Gasteiger partial charge in [-0.2, -0.15) is 0 Å². The molecule has 0 fully saturated rings. The average molecular weight is 783 g/mol. The number of unbranched alkanes of at least 4 members (excludes halogenated alkanes) is 1. The van der Waals surface area contributed by atoms with E-state index in [1.165, 1.54) is 12.1 Å². The van der Waals surface area contributed by atoms with Gasteiger partial charge in [-0.1, -0.05) is 122 Å². The molecule has 10 nitrogen and oxygen atoms in total. The van der Waals surface area contributed by atoms with Gasteiger partial charge in [-0.3, -0.25) is 9.59 Å². The number of hydrogen-bond donors (Lipinski definition) is 1. The molecular weight excluding hydrogens is 749 g/mol. The molecule has 1 unspecified atom stereocenters. The van der Waals surface area contributed by atoms with Crippen molar-refractivity contribution >= 4 is 74.7 Å². The summed E-state index contributed by atoms with van der Waals surface area (Å²) >= 11 is 4.10. The van der Waals surface area contributed by atoms with Crippen LogP contribution in [0.2, 0.25) is 0 Å². The molecule has 2 N–H and O–H groups in total. The van der Waals surface area contributed by atoms with Crippen molar-refractivity contribution in [1.29, 1.82) is 0 Å². The second kappa shape index (κ2) is 17.1. The van der Waals surface area contributed by atoms with E-state index in [0.717, 1.165) is 65.5 Å². The minimum Gasteiger partial charge on any atom is -0.486 e. The van der Waals surface area contributed by atoms with Crippen molar-refractivity contribution in [1.82, 2.24) is 0 Å². The summed E-state index contributed by atoms with van der Waals surface area (Å²) in [6.07, 6.45) is 2.86. The number of fused-ring (bicyclic) bond motifs is 2. The summed E-state index contributed by atoms with van der Waals surface area (Å²) in [5, 5.41) is 0. The number of nitrogens with zero attached hydrogens (tertiary/aromatic N) is 1. The van der Waals surface area contributed by atoms with E-state index < -0.39 is 38.5 Å². The maximum Gasteiger partial charge on any atom is 0.351 e. The van der Waals surface area contributed by atoms with Crippen LogP contribution < -0.4 is 15.2 Å². The maximum atomic E-state index is 14.1. The van der Waals surface area contributed by atoms with Gasteiger partial charge in [0, 0.05) is 0 Å². The molecule has 0 saturated carbocycles. The Morgan fingerprint density at radius 3 is 1.94 bits per heavy atom. The van der Waals surface area contributed by atoms with E-state index in [1.54, 1.807) is 25.1 Å². The van der Waals surface area contributed by atoms with Crippen molar-refractivity contribution in [2.45, 2.75) is 77.5 Å². The van der Waals surface area contributed by atoms with Gasteiger partial charge in [0.15, 0.2) is 10.7 Å². The number of primary amides is 1. The van der Waals surface area contributed by atoms with Crippen LogP contribution in [0.4, 0.5) is 0 Å².